The van der Waals surface area contributed by atoms with Crippen molar-refractivity contribution < 1.29 is 54.0 Å². The van der Waals surface area contributed by atoms with E-state index in [4.69, 9.17) is 15.9 Å². The van der Waals surface area contributed by atoms with E-state index in [1.165, 1.54) is 24.5 Å². The number of nitrogens with one attached hydrogen (secondary N) is 9. The molecule has 3 atom stereocenters. The monoisotopic (exact) mass is 1370 g/mol. The van der Waals surface area contributed by atoms with Gasteiger partial charge in [0.15, 0.2) is 33.5 Å². The number of aryl methyl sites for hydroxylation is 1. The molecule has 526 valence electrons. The smallest absolute Gasteiger partial charge is 0.326 e. The summed E-state index contributed by atoms with van der Waals surface area (Å²) in [5, 5.41) is 53.5. The standard InChI is InChI=1S/C23H28N6O4.C22H27N7O4.C22H24N6O6/c1-13(2)10-17(8-9-19(30)31)29-22(32)15-4-6-16(7-5-15)24-11-18-12-25-21-20(28-18)23(33)27-14(3)26-21;1-12(2)4-3-5-16(21(32)33)27-19(30)13-6-8-14(9-7-13)24-10-15-11-25-18-17(26-15)20(31)29-22(23)28-18;1-11(2)18-27-19-17(21(32)28-18)25-14(10-24-19)9-23-13-5-3-12(4-6-13)20(31)26-15(22(33)34)7-8-16(29)30/h4-7,12-13,17,24H,8-11H2,1-3H3,(H,29,32)(H,30,31)(H,25,26,27,33);6-9,11-12,16,24H,3-5,10H2,1-2H3,(H,27,30)(H,32,33)(H3,23,25,28,29,31);3-6,10-11,15,23H,7-9H2,1-2H3,(H,26,31)(H,29,30)(H,33,34)(H,24,27,28,32)/t17-;16-;15-/m000/s1. The number of anilines is 4. The van der Waals surface area contributed by atoms with E-state index in [1.54, 1.807) is 73.8 Å². The predicted molar refractivity (Wildman–Crippen MR) is 369 cm³/mol. The SMILES string of the molecule is CC(C)CCC[C@H](NC(=O)c1ccc(NCc2cnc3nc(N)[nH]c(=O)c3n2)cc1)C(=O)O.CC(C)c1nc2ncc(CNc3ccc(C(=O)N[C@@H](CCC(=O)O)C(=O)O)cc3)nc2c(=O)[nH]1.Cc1nc2ncc(CNc3ccc(C(=O)N[C@@H](CCC(=O)O)CC(C)C)cc3)nc2c(=O)[nH]1. The van der Waals surface area contributed by atoms with Gasteiger partial charge in [0.05, 0.1) is 55.3 Å². The van der Waals surface area contributed by atoms with Gasteiger partial charge in [0.1, 0.15) is 23.7 Å². The maximum atomic E-state index is 12.6. The molecule has 0 fully saturated rings. The lowest BCUT2D eigenvalue weighted by Gasteiger charge is -2.20. The van der Waals surface area contributed by atoms with Crippen molar-refractivity contribution in [2.24, 2.45) is 11.8 Å². The van der Waals surface area contributed by atoms with Crippen molar-refractivity contribution in [3.8, 4) is 0 Å². The minimum Gasteiger partial charge on any atom is -0.481 e. The zero-order valence-electron chi connectivity index (χ0n) is 55.9. The number of carbonyl (C=O) groups is 7. The zero-order chi connectivity index (χ0) is 72.7. The van der Waals surface area contributed by atoms with E-state index >= 15 is 0 Å². The number of carbonyl (C=O) groups excluding carboxylic acids is 3. The Kier molecular flexibility index (Phi) is 26.8. The summed E-state index contributed by atoms with van der Waals surface area (Å²) >= 11 is 0. The molecule has 15 N–H and O–H groups in total. The number of carboxylic acids is 4. The number of aliphatic carboxylic acids is 4. The first-order valence-electron chi connectivity index (χ1n) is 31.9. The molecule has 0 aliphatic carbocycles. The van der Waals surface area contributed by atoms with Crippen LogP contribution in [-0.2, 0) is 38.8 Å². The van der Waals surface area contributed by atoms with Gasteiger partial charge >= 0.3 is 23.9 Å². The van der Waals surface area contributed by atoms with Crippen molar-refractivity contribution in [1.82, 2.24) is 75.8 Å². The third-order valence-electron chi connectivity index (χ3n) is 14.9. The van der Waals surface area contributed by atoms with E-state index in [-0.39, 0.29) is 101 Å². The van der Waals surface area contributed by atoms with Gasteiger partial charge in [-0.3, -0.25) is 43.3 Å². The topological polar surface area (TPSA) is 513 Å². The number of aromatic amines is 3. The zero-order valence-corrected chi connectivity index (χ0v) is 55.9. The van der Waals surface area contributed by atoms with Crippen LogP contribution < -0.4 is 54.3 Å². The molecule has 6 heterocycles. The number of fused-ring (bicyclic) bond motifs is 3. The molecule has 0 spiro atoms. The Bertz CT molecular complexity index is 4570. The number of nitrogen functional groups attached to an aromatic ring is 1. The number of amides is 3. The Morgan fingerprint density at radius 3 is 1.26 bits per heavy atom. The lowest BCUT2D eigenvalue weighted by atomic mass is 9.99. The first-order chi connectivity index (χ1) is 47.6. The molecular weight excluding hydrogens is 1290 g/mol. The van der Waals surface area contributed by atoms with Gasteiger partial charge in [-0.2, -0.15) is 4.98 Å². The Balaban J connectivity index is 0.000000211. The second kappa shape index (κ2) is 35.7. The van der Waals surface area contributed by atoms with Gasteiger partial charge in [-0.15, -0.1) is 0 Å². The van der Waals surface area contributed by atoms with Crippen LogP contribution in [-0.4, -0.2) is 140 Å². The number of H-pyrrole nitrogens is 3. The fraction of sp³-hybridized carbons (Fsp3) is 0.358. The molecular formula is C67H79N19O14. The van der Waals surface area contributed by atoms with Crippen LogP contribution in [0.25, 0.3) is 33.5 Å². The van der Waals surface area contributed by atoms with Crippen molar-refractivity contribution in [3.05, 3.63) is 168 Å². The van der Waals surface area contributed by atoms with Crippen LogP contribution in [0.4, 0.5) is 23.0 Å². The number of carboxylic acid groups (broad SMARTS) is 4. The number of nitrogens with zero attached hydrogens (tertiary/aromatic N) is 9. The van der Waals surface area contributed by atoms with Gasteiger partial charge in [0.25, 0.3) is 34.4 Å². The molecule has 100 heavy (non-hydrogen) atoms. The molecule has 0 radical (unpaired) electrons. The fourth-order valence-electron chi connectivity index (χ4n) is 9.71. The summed E-state index contributed by atoms with van der Waals surface area (Å²) in [6.07, 6.45) is 7.12. The number of rotatable bonds is 30. The minimum absolute atomic E-state index is 0.0136. The van der Waals surface area contributed by atoms with Gasteiger partial charge in [-0.1, -0.05) is 54.4 Å². The highest BCUT2D eigenvalue weighted by Gasteiger charge is 2.24. The predicted octanol–water partition coefficient (Wildman–Crippen LogP) is 6.06. The number of nitrogens with two attached hydrogens (primary N) is 1. The number of aromatic nitrogens is 12. The van der Waals surface area contributed by atoms with Crippen molar-refractivity contribution >= 4 is 98.1 Å². The molecule has 0 bridgehead atoms. The van der Waals surface area contributed by atoms with Gasteiger partial charge in [-0.25, -0.2) is 49.5 Å². The molecule has 3 amide bonds. The third kappa shape index (κ3) is 23.0. The largest absolute Gasteiger partial charge is 0.481 e. The molecule has 0 saturated heterocycles. The average molecular weight is 1370 g/mol. The quantitative estimate of drug-likeness (QED) is 0.0243. The van der Waals surface area contributed by atoms with Gasteiger partial charge in [0, 0.05) is 58.6 Å². The van der Waals surface area contributed by atoms with E-state index in [0.717, 1.165) is 18.5 Å². The summed E-state index contributed by atoms with van der Waals surface area (Å²) in [7, 11) is 0. The van der Waals surface area contributed by atoms with Crippen LogP contribution in [0.3, 0.4) is 0 Å². The van der Waals surface area contributed by atoms with E-state index in [0.29, 0.717) is 94.5 Å². The Morgan fingerprint density at radius 1 is 0.460 bits per heavy atom. The first kappa shape index (κ1) is 75.2. The van der Waals surface area contributed by atoms with E-state index in [2.05, 4.69) is 106 Å². The van der Waals surface area contributed by atoms with E-state index in [9.17, 15) is 58.2 Å². The van der Waals surface area contributed by atoms with Gasteiger partial charge < -0.3 is 68.0 Å². The summed E-state index contributed by atoms with van der Waals surface area (Å²) in [5.74, 6) is -3.82. The highest BCUT2D eigenvalue weighted by molar-refractivity contribution is 5.98. The summed E-state index contributed by atoms with van der Waals surface area (Å²) in [5.41, 5.74) is 10.3. The average Bonchev–Trinajstić information content (AvgIpc) is 0.820. The summed E-state index contributed by atoms with van der Waals surface area (Å²) in [6.45, 7) is 14.6. The van der Waals surface area contributed by atoms with Crippen LogP contribution in [0.5, 0.6) is 0 Å². The molecule has 0 aliphatic heterocycles. The molecule has 33 heteroatoms. The van der Waals surface area contributed by atoms with Crippen molar-refractivity contribution in [2.45, 2.75) is 144 Å². The number of benzene rings is 3. The molecule has 3 aromatic carbocycles. The third-order valence-corrected chi connectivity index (χ3v) is 14.9. The summed E-state index contributed by atoms with van der Waals surface area (Å²) < 4.78 is 0. The van der Waals surface area contributed by atoms with Crippen molar-refractivity contribution in [3.63, 3.8) is 0 Å². The number of hydrogen-bond donors (Lipinski definition) is 14. The van der Waals surface area contributed by atoms with E-state index < -0.39 is 53.3 Å². The van der Waals surface area contributed by atoms with E-state index in [1.807, 2.05) is 27.7 Å². The molecule has 0 aliphatic rings. The lowest BCUT2D eigenvalue weighted by Crippen LogP contribution is -2.41. The summed E-state index contributed by atoms with van der Waals surface area (Å²) in [6, 6.07) is 17.4. The van der Waals surface area contributed by atoms with Crippen LogP contribution in [0.15, 0.2) is 106 Å². The molecule has 0 saturated carbocycles. The highest BCUT2D eigenvalue weighted by Crippen LogP contribution is 2.19. The van der Waals surface area contributed by atoms with Crippen molar-refractivity contribution in [2.75, 3.05) is 21.7 Å². The van der Waals surface area contributed by atoms with Gasteiger partial charge in [0.2, 0.25) is 5.95 Å². The van der Waals surface area contributed by atoms with Crippen LogP contribution in [0.1, 0.15) is 159 Å². The molecule has 33 nitrogen and oxygen atoms in total. The second-order valence-corrected chi connectivity index (χ2v) is 24.3. The van der Waals surface area contributed by atoms with Crippen molar-refractivity contribution in [1.29, 1.82) is 0 Å². The second-order valence-electron chi connectivity index (χ2n) is 24.3. The maximum absolute atomic E-state index is 12.6. The fourth-order valence-corrected chi connectivity index (χ4v) is 9.71. The minimum atomic E-state index is -1.31. The maximum Gasteiger partial charge on any atom is 0.326 e. The Hall–Kier alpha value is -12.2. The Morgan fingerprint density at radius 2 is 0.850 bits per heavy atom. The molecule has 9 aromatic rings. The highest BCUT2D eigenvalue weighted by atomic mass is 16.4. The Labute approximate surface area is 570 Å². The molecule has 9 rings (SSSR count). The normalized spacial score (nSPS) is 11.9. The van der Waals surface area contributed by atoms with Gasteiger partial charge in [-0.05, 0) is 117 Å². The summed E-state index contributed by atoms with van der Waals surface area (Å²) in [4.78, 5) is 164. The number of hydrogen-bond acceptors (Lipinski definition) is 23. The molecule has 0 unspecified atom stereocenters. The van der Waals surface area contributed by atoms with Crippen LogP contribution >= 0.6 is 0 Å². The first-order valence-corrected chi connectivity index (χ1v) is 31.9. The van der Waals surface area contributed by atoms with Crippen LogP contribution in [0, 0.1) is 18.8 Å². The molecule has 6 aromatic heterocycles. The van der Waals surface area contributed by atoms with Crippen LogP contribution in [0.2, 0.25) is 0 Å². The lowest BCUT2D eigenvalue weighted by molar-refractivity contribution is -0.141.